The van der Waals surface area contributed by atoms with Crippen LogP contribution in [-0.2, 0) is 19.9 Å². The molecule has 0 spiro atoms. The van der Waals surface area contributed by atoms with Crippen LogP contribution in [-0.4, -0.2) is 33.1 Å². The van der Waals surface area contributed by atoms with E-state index in [9.17, 15) is 16.8 Å². The Labute approximate surface area is 130 Å². The topological polar surface area (TPSA) is 106 Å². The van der Waals surface area contributed by atoms with Gasteiger partial charge in [-0.1, -0.05) is 0 Å². The van der Waals surface area contributed by atoms with Crippen LogP contribution < -0.4 is 4.72 Å². The molecule has 0 atom stereocenters. The van der Waals surface area contributed by atoms with Crippen LogP contribution in [0.5, 0.6) is 0 Å². The number of sulfonamides is 1. The summed E-state index contributed by atoms with van der Waals surface area (Å²) < 4.78 is 49.6. The van der Waals surface area contributed by atoms with Crippen molar-refractivity contribution in [2.75, 3.05) is 11.0 Å². The number of halogens is 1. The molecule has 0 amide bonds. The molecule has 0 unspecified atom stereocenters. The maximum absolute atomic E-state index is 12.1. The van der Waals surface area contributed by atoms with Gasteiger partial charge in [-0.2, -0.15) is 0 Å². The van der Waals surface area contributed by atoms with E-state index in [1.807, 2.05) is 0 Å². The average molecular weight is 392 g/mol. The molecule has 21 heavy (non-hydrogen) atoms. The van der Waals surface area contributed by atoms with Gasteiger partial charge in [0.25, 0.3) is 10.0 Å². The number of anilines is 1. The second-order valence-electron chi connectivity index (χ2n) is 4.07. The maximum atomic E-state index is 12.1. The van der Waals surface area contributed by atoms with Crippen molar-refractivity contribution < 1.29 is 16.8 Å². The summed E-state index contributed by atoms with van der Waals surface area (Å²) in [5.41, 5.74) is 0. The van der Waals surface area contributed by atoms with Crippen molar-refractivity contribution in [2.24, 2.45) is 0 Å². The summed E-state index contributed by atoms with van der Waals surface area (Å²) in [6.07, 6.45) is 3.66. The quantitative estimate of drug-likeness (QED) is 0.844. The van der Waals surface area contributed by atoms with Gasteiger partial charge < -0.3 is 0 Å². The lowest BCUT2D eigenvalue weighted by atomic mass is 10.4. The molecule has 0 bridgehead atoms. The van der Waals surface area contributed by atoms with Gasteiger partial charge in [0, 0.05) is 6.26 Å². The van der Waals surface area contributed by atoms with Gasteiger partial charge in [-0.3, -0.25) is 4.72 Å². The van der Waals surface area contributed by atoms with Crippen LogP contribution in [0.4, 0.5) is 5.82 Å². The molecule has 1 aromatic heterocycles. The predicted molar refractivity (Wildman–Crippen MR) is 80.1 cm³/mol. The highest BCUT2D eigenvalue weighted by Crippen LogP contribution is 2.17. The van der Waals surface area contributed by atoms with E-state index in [1.54, 1.807) is 0 Å². The lowest BCUT2D eigenvalue weighted by Crippen LogP contribution is -2.14. The van der Waals surface area contributed by atoms with Crippen molar-refractivity contribution in [3.63, 3.8) is 0 Å². The number of aromatic nitrogens is 2. The van der Waals surface area contributed by atoms with Crippen LogP contribution in [0.2, 0.25) is 0 Å². The van der Waals surface area contributed by atoms with Crippen LogP contribution >= 0.6 is 15.9 Å². The number of sulfone groups is 1. The molecule has 0 aliphatic rings. The van der Waals surface area contributed by atoms with Crippen LogP contribution in [0.15, 0.2) is 51.1 Å². The summed E-state index contributed by atoms with van der Waals surface area (Å²) in [5, 5.41) is 0. The zero-order valence-electron chi connectivity index (χ0n) is 10.7. The minimum atomic E-state index is -3.85. The second kappa shape index (κ2) is 5.70. The fourth-order valence-corrected chi connectivity index (χ4v) is 3.26. The molecule has 112 valence electrons. The van der Waals surface area contributed by atoms with Crippen molar-refractivity contribution in [2.45, 2.75) is 9.79 Å². The Kier molecular flexibility index (Phi) is 4.30. The predicted octanol–water partition coefficient (Wildman–Crippen LogP) is 1.44. The molecule has 0 aliphatic heterocycles. The standard InChI is InChI=1S/C11H10BrN3O4S2/c1-20(16,17)8-2-4-9(5-3-8)21(18,19)15-11-7-13-10(12)6-14-11/h2-7H,1H3,(H,14,15). The van der Waals surface area contributed by atoms with Gasteiger partial charge in [0.1, 0.15) is 4.60 Å². The van der Waals surface area contributed by atoms with Crippen LogP contribution in [0.3, 0.4) is 0 Å². The third kappa shape index (κ3) is 3.99. The number of nitrogens with one attached hydrogen (secondary N) is 1. The first-order valence-electron chi connectivity index (χ1n) is 5.49. The van der Waals surface area contributed by atoms with E-state index in [2.05, 4.69) is 30.6 Å². The molecule has 1 heterocycles. The zero-order valence-corrected chi connectivity index (χ0v) is 13.9. The van der Waals surface area contributed by atoms with E-state index in [1.165, 1.54) is 36.7 Å². The molecule has 1 N–H and O–H groups in total. The summed E-state index contributed by atoms with van der Waals surface area (Å²) in [6.45, 7) is 0. The third-order valence-electron chi connectivity index (χ3n) is 2.42. The molecule has 7 nitrogen and oxygen atoms in total. The van der Waals surface area contributed by atoms with Crippen LogP contribution in [0, 0.1) is 0 Å². The molecular formula is C11H10BrN3O4S2. The molecule has 0 aliphatic carbocycles. The number of nitrogens with zero attached hydrogens (tertiary/aromatic N) is 2. The van der Waals surface area contributed by atoms with Gasteiger partial charge in [-0.05, 0) is 40.2 Å². The largest absolute Gasteiger partial charge is 0.263 e. The molecule has 10 heteroatoms. The van der Waals surface area contributed by atoms with Crippen LogP contribution in [0.25, 0.3) is 0 Å². The average Bonchev–Trinajstić information content (AvgIpc) is 2.40. The number of benzene rings is 1. The highest BCUT2D eigenvalue weighted by atomic mass is 79.9. The molecule has 0 saturated carbocycles. The molecule has 0 fully saturated rings. The summed E-state index contributed by atoms with van der Waals surface area (Å²) in [7, 11) is -7.22. The van der Waals surface area contributed by atoms with E-state index in [4.69, 9.17) is 0 Å². The Morgan fingerprint density at radius 1 is 0.952 bits per heavy atom. The number of hydrogen-bond donors (Lipinski definition) is 1. The minimum absolute atomic E-state index is 0.0462. The Morgan fingerprint density at radius 3 is 2.00 bits per heavy atom. The fraction of sp³-hybridized carbons (Fsp3) is 0.0909. The minimum Gasteiger partial charge on any atom is -0.262 e. The number of hydrogen-bond acceptors (Lipinski definition) is 6. The Morgan fingerprint density at radius 2 is 1.52 bits per heavy atom. The Balaban J connectivity index is 2.29. The van der Waals surface area contributed by atoms with Gasteiger partial charge in [-0.25, -0.2) is 26.8 Å². The zero-order chi connectivity index (χ0) is 15.7. The summed E-state index contributed by atoms with van der Waals surface area (Å²) in [6, 6.07) is 4.89. The van der Waals surface area contributed by atoms with Crippen molar-refractivity contribution in [3.05, 3.63) is 41.3 Å². The Bertz CT molecular complexity index is 847. The van der Waals surface area contributed by atoms with Crippen molar-refractivity contribution in [3.8, 4) is 0 Å². The van der Waals surface area contributed by atoms with E-state index < -0.39 is 19.9 Å². The lowest BCUT2D eigenvalue weighted by Gasteiger charge is -2.07. The van der Waals surface area contributed by atoms with Crippen molar-refractivity contribution >= 4 is 41.6 Å². The summed E-state index contributed by atoms with van der Waals surface area (Å²) in [5.74, 6) is 0.0605. The van der Waals surface area contributed by atoms with Crippen molar-refractivity contribution in [1.82, 2.24) is 9.97 Å². The highest BCUT2D eigenvalue weighted by molar-refractivity contribution is 9.10. The first kappa shape index (κ1) is 15.9. The molecule has 2 rings (SSSR count). The number of rotatable bonds is 4. The second-order valence-corrected chi connectivity index (χ2v) is 8.58. The molecule has 0 radical (unpaired) electrons. The normalized spacial score (nSPS) is 12.1. The SMILES string of the molecule is CS(=O)(=O)c1ccc(S(=O)(=O)Nc2cnc(Br)cn2)cc1. The van der Waals surface area contributed by atoms with Gasteiger partial charge in [0.15, 0.2) is 15.7 Å². The van der Waals surface area contributed by atoms with Gasteiger partial charge >= 0.3 is 0 Å². The first-order chi connectivity index (χ1) is 9.68. The summed E-state index contributed by atoms with van der Waals surface area (Å²) in [4.78, 5) is 7.68. The molecule has 0 saturated heterocycles. The lowest BCUT2D eigenvalue weighted by molar-refractivity contribution is 0.597. The van der Waals surface area contributed by atoms with E-state index >= 15 is 0 Å². The molecule has 1 aromatic carbocycles. The molecule has 2 aromatic rings. The van der Waals surface area contributed by atoms with Crippen molar-refractivity contribution in [1.29, 1.82) is 0 Å². The Hall–Kier alpha value is -1.52. The van der Waals surface area contributed by atoms with Crippen LogP contribution in [0.1, 0.15) is 0 Å². The highest BCUT2D eigenvalue weighted by Gasteiger charge is 2.16. The van der Waals surface area contributed by atoms with E-state index in [0.29, 0.717) is 4.60 Å². The van der Waals surface area contributed by atoms with Gasteiger partial charge in [-0.15, -0.1) is 0 Å². The van der Waals surface area contributed by atoms with Gasteiger partial charge in [0.2, 0.25) is 0 Å². The first-order valence-corrected chi connectivity index (χ1v) is 9.66. The maximum Gasteiger partial charge on any atom is 0.263 e. The van der Waals surface area contributed by atoms with E-state index in [-0.39, 0.29) is 15.6 Å². The third-order valence-corrected chi connectivity index (χ3v) is 5.33. The van der Waals surface area contributed by atoms with Gasteiger partial charge in [0.05, 0.1) is 22.2 Å². The molecular weight excluding hydrogens is 382 g/mol. The van der Waals surface area contributed by atoms with E-state index in [0.717, 1.165) is 6.26 Å². The summed E-state index contributed by atoms with van der Waals surface area (Å²) >= 11 is 3.09. The fourth-order valence-electron chi connectivity index (χ4n) is 1.43. The smallest absolute Gasteiger partial charge is 0.262 e. The monoisotopic (exact) mass is 391 g/mol.